The Bertz CT molecular complexity index is 332. The second-order valence-electron chi connectivity index (χ2n) is 1.27. The molecule has 0 aliphatic heterocycles. The molecule has 2 N–H and O–H groups in total. The first-order valence-corrected chi connectivity index (χ1v) is 4.71. The molecule has 0 saturated carbocycles. The van der Waals surface area contributed by atoms with Crippen LogP contribution in [0.3, 0.4) is 0 Å². The summed E-state index contributed by atoms with van der Waals surface area (Å²) >= 11 is 0. The van der Waals surface area contributed by atoms with Crippen molar-refractivity contribution in [2.24, 2.45) is 0 Å². The number of carbonyl (C=O) groups excluding carboxylic acids is 1. The molecule has 0 spiro atoms. The van der Waals surface area contributed by atoms with E-state index in [0.717, 1.165) is 0 Å². The van der Waals surface area contributed by atoms with Crippen molar-refractivity contribution in [1.29, 1.82) is 0 Å². The second-order valence-corrected chi connectivity index (χ2v) is 3.32. The third-order valence-corrected chi connectivity index (χ3v) is 1.04. The zero-order valence-electron chi connectivity index (χ0n) is 6.27. The Morgan fingerprint density at radius 1 is 0.750 bits per heavy atom. The Morgan fingerprint density at radius 2 is 0.938 bits per heavy atom. The maximum absolute atomic E-state index is 9.95. The maximum atomic E-state index is 9.95. The summed E-state index contributed by atoms with van der Waals surface area (Å²) in [7, 11) is -10.3. The van der Waals surface area contributed by atoms with Crippen molar-refractivity contribution in [1.82, 2.24) is 0 Å². The SMILES string of the molecule is O=C(OS(=O)(=O)O)OS(=O)(=O)O.[Cu].[Cu].[Cu].[Cu]. The van der Waals surface area contributed by atoms with E-state index in [1.54, 1.807) is 0 Å². The predicted octanol–water partition coefficient (Wildman–Crippen LogP) is -1.26. The molecule has 0 atom stereocenters. The van der Waals surface area contributed by atoms with Crippen LogP contribution in [0, 0.1) is 0 Å². The average molecular weight is 476 g/mol. The zero-order chi connectivity index (χ0) is 9.99. The van der Waals surface area contributed by atoms with E-state index in [1.165, 1.54) is 0 Å². The van der Waals surface area contributed by atoms with Gasteiger partial charge in [-0.2, -0.15) is 16.8 Å². The van der Waals surface area contributed by atoms with Crippen molar-refractivity contribution >= 4 is 27.0 Å². The fourth-order valence-electron chi connectivity index (χ4n) is 0.186. The van der Waals surface area contributed by atoms with Crippen molar-refractivity contribution in [3.05, 3.63) is 0 Å². The molecule has 0 amide bonds. The van der Waals surface area contributed by atoms with Gasteiger partial charge >= 0.3 is 27.0 Å². The second kappa shape index (κ2) is 11.3. The topological polar surface area (TPSA) is 144 Å². The molecule has 4 radical (unpaired) electrons. The Kier molecular flexibility index (Phi) is 21.3. The molecule has 0 aliphatic rings. The number of carbonyl (C=O) groups is 1. The minimum absolute atomic E-state index is 0. The van der Waals surface area contributed by atoms with Crippen molar-refractivity contribution < 1.29 is 107 Å². The summed E-state index contributed by atoms with van der Waals surface area (Å²) in [6.07, 6.45) is -2.29. The van der Waals surface area contributed by atoms with Crippen LogP contribution in [0.25, 0.3) is 0 Å². The molecular formula is CH2Cu4O9S2. The van der Waals surface area contributed by atoms with Crippen LogP contribution < -0.4 is 0 Å². The number of hydrogen-bond donors (Lipinski definition) is 2. The van der Waals surface area contributed by atoms with Crippen LogP contribution in [0.1, 0.15) is 0 Å². The van der Waals surface area contributed by atoms with Crippen LogP contribution in [0.4, 0.5) is 4.79 Å². The minimum Gasteiger partial charge on any atom is -0.290 e. The normalized spacial score (nSPS) is 9.12. The van der Waals surface area contributed by atoms with Crippen molar-refractivity contribution in [2.45, 2.75) is 0 Å². The van der Waals surface area contributed by atoms with Crippen LogP contribution in [0.15, 0.2) is 0 Å². The van der Waals surface area contributed by atoms with E-state index in [9.17, 15) is 21.6 Å². The van der Waals surface area contributed by atoms with Crippen LogP contribution in [0.2, 0.25) is 0 Å². The van der Waals surface area contributed by atoms with E-state index in [1.807, 2.05) is 0 Å². The van der Waals surface area contributed by atoms with Crippen molar-refractivity contribution in [3.8, 4) is 0 Å². The quantitative estimate of drug-likeness (QED) is 0.368. The fourth-order valence-corrected chi connectivity index (χ4v) is 0.641. The molecule has 0 rings (SSSR count). The van der Waals surface area contributed by atoms with E-state index in [0.29, 0.717) is 0 Å². The van der Waals surface area contributed by atoms with Gasteiger partial charge < -0.3 is 0 Å². The number of rotatable bonds is 2. The standard InChI is InChI=1S/CH2O9S2.4Cu/c2-1(9-11(3,4)5)10-12(6,7)8;;;;/h(H,3,4,5)(H,6,7,8);;;;. The van der Waals surface area contributed by atoms with Gasteiger partial charge in [-0.05, 0) is 0 Å². The molecule has 15 heteroatoms. The molecule has 0 heterocycles. The molecular weight excluding hydrogens is 474 g/mol. The van der Waals surface area contributed by atoms with Gasteiger partial charge in [-0.3, -0.25) is 17.5 Å². The first-order chi connectivity index (χ1) is 5.10. The van der Waals surface area contributed by atoms with Gasteiger partial charge in [0.05, 0.1) is 0 Å². The summed E-state index contributed by atoms with van der Waals surface area (Å²) < 4.78 is 60.1. The molecule has 9 nitrogen and oxygen atoms in total. The van der Waals surface area contributed by atoms with Crippen LogP contribution in [-0.2, 0) is 97.4 Å². The van der Waals surface area contributed by atoms with E-state index in [2.05, 4.69) is 8.37 Å². The average Bonchev–Trinajstić information content (AvgIpc) is 1.49. The predicted molar refractivity (Wildman–Crippen MR) is 30.7 cm³/mol. The van der Waals surface area contributed by atoms with Gasteiger partial charge in [-0.25, -0.2) is 4.79 Å². The van der Waals surface area contributed by atoms with Crippen molar-refractivity contribution in [2.75, 3.05) is 0 Å². The third kappa shape index (κ3) is 24.4. The summed E-state index contributed by atoms with van der Waals surface area (Å²) in [6, 6.07) is 0. The van der Waals surface area contributed by atoms with E-state index >= 15 is 0 Å². The Balaban J connectivity index is -0.000000101. The minimum atomic E-state index is -5.15. The van der Waals surface area contributed by atoms with E-state index in [-0.39, 0.29) is 68.3 Å². The summed E-state index contributed by atoms with van der Waals surface area (Å²) in [4.78, 5) is 9.95. The summed E-state index contributed by atoms with van der Waals surface area (Å²) in [6.45, 7) is 0. The molecule has 0 bridgehead atoms. The zero-order valence-corrected chi connectivity index (χ0v) is 11.7. The van der Waals surface area contributed by atoms with Gasteiger partial charge in [0.2, 0.25) is 0 Å². The fraction of sp³-hybridized carbons (Fsp3) is 0. The summed E-state index contributed by atoms with van der Waals surface area (Å²) in [5.41, 5.74) is 0. The van der Waals surface area contributed by atoms with E-state index < -0.39 is 27.0 Å². The summed E-state index contributed by atoms with van der Waals surface area (Å²) in [5, 5.41) is 0. The molecule has 0 saturated heterocycles. The summed E-state index contributed by atoms with van der Waals surface area (Å²) in [5.74, 6) is 0. The van der Waals surface area contributed by atoms with Crippen LogP contribution >= 0.6 is 0 Å². The van der Waals surface area contributed by atoms with Crippen molar-refractivity contribution in [3.63, 3.8) is 0 Å². The Hall–Kier alpha value is 1.17. The molecule has 0 fully saturated rings. The molecule has 0 aromatic heterocycles. The molecule has 0 aromatic rings. The van der Waals surface area contributed by atoms with Gasteiger partial charge in [0, 0.05) is 68.3 Å². The molecule has 16 heavy (non-hydrogen) atoms. The van der Waals surface area contributed by atoms with Gasteiger partial charge in [-0.1, -0.05) is 0 Å². The molecule has 0 aromatic carbocycles. The third-order valence-electron chi connectivity index (χ3n) is 0.347. The van der Waals surface area contributed by atoms with Gasteiger partial charge in [0.25, 0.3) is 0 Å². The monoisotopic (exact) mass is 474 g/mol. The van der Waals surface area contributed by atoms with E-state index in [4.69, 9.17) is 9.11 Å². The maximum Gasteiger partial charge on any atom is 0.543 e. The van der Waals surface area contributed by atoms with Gasteiger partial charge in [-0.15, -0.1) is 0 Å². The van der Waals surface area contributed by atoms with Crippen LogP contribution in [-0.4, -0.2) is 32.1 Å². The first-order valence-electron chi connectivity index (χ1n) is 1.98. The Morgan fingerprint density at radius 3 is 1.06 bits per heavy atom. The van der Waals surface area contributed by atoms with Gasteiger partial charge in [0.1, 0.15) is 0 Å². The van der Waals surface area contributed by atoms with Crippen LogP contribution in [0.5, 0.6) is 0 Å². The molecule has 116 valence electrons. The Labute approximate surface area is 133 Å². The molecule has 0 aliphatic carbocycles. The smallest absolute Gasteiger partial charge is 0.290 e. The largest absolute Gasteiger partial charge is 0.543 e. The number of hydrogen-bond acceptors (Lipinski definition) is 7. The molecule has 0 unspecified atom stereocenters. The first kappa shape index (κ1) is 30.3. The van der Waals surface area contributed by atoms with Gasteiger partial charge in [0.15, 0.2) is 0 Å².